The molecule has 0 spiro atoms. The molecule has 0 aliphatic carbocycles. The number of carbonyl (C=O) groups excluding carboxylic acids is 1. The monoisotopic (exact) mass is 330 g/mol. The first-order valence-electron chi connectivity index (χ1n) is 7.66. The highest BCUT2D eigenvalue weighted by molar-refractivity contribution is 7.09. The van der Waals surface area contributed by atoms with E-state index >= 15 is 0 Å². The first-order chi connectivity index (χ1) is 10.4. The Balaban J connectivity index is 1.52. The van der Waals surface area contributed by atoms with Gasteiger partial charge in [-0.15, -0.1) is 0 Å². The van der Waals surface area contributed by atoms with Crippen molar-refractivity contribution in [3.63, 3.8) is 0 Å². The van der Waals surface area contributed by atoms with Gasteiger partial charge in [-0.1, -0.05) is 0 Å². The molecular formula is C14H20F2N4OS. The molecule has 22 heavy (non-hydrogen) atoms. The predicted octanol–water partition coefficient (Wildman–Crippen LogP) is 2.32. The molecule has 0 saturated carbocycles. The topological polar surface area (TPSA) is 49.3 Å². The Morgan fingerprint density at radius 3 is 2.41 bits per heavy atom. The van der Waals surface area contributed by atoms with Gasteiger partial charge in [0.1, 0.15) is 5.82 Å². The first kappa shape index (κ1) is 15.6. The summed E-state index contributed by atoms with van der Waals surface area (Å²) in [6.07, 6.45) is 1.10. The molecule has 122 valence electrons. The van der Waals surface area contributed by atoms with Crippen LogP contribution in [0.25, 0.3) is 0 Å². The Hall–Kier alpha value is -1.31. The van der Waals surface area contributed by atoms with Gasteiger partial charge in [0, 0.05) is 56.5 Å². The zero-order valence-corrected chi connectivity index (χ0v) is 13.4. The molecule has 1 aromatic heterocycles. The van der Waals surface area contributed by atoms with Gasteiger partial charge in [0.2, 0.25) is 11.0 Å². The van der Waals surface area contributed by atoms with Crippen molar-refractivity contribution >= 4 is 22.6 Å². The van der Waals surface area contributed by atoms with Crippen molar-refractivity contribution in [3.05, 3.63) is 5.82 Å². The van der Waals surface area contributed by atoms with Crippen molar-refractivity contribution in [2.45, 2.75) is 38.5 Å². The second-order valence-electron chi connectivity index (χ2n) is 6.07. The zero-order chi connectivity index (χ0) is 15.7. The lowest BCUT2D eigenvalue weighted by Gasteiger charge is -2.37. The molecule has 0 N–H and O–H groups in total. The van der Waals surface area contributed by atoms with Crippen LogP contribution in [0.5, 0.6) is 0 Å². The second kappa shape index (κ2) is 6.06. The lowest BCUT2D eigenvalue weighted by Crippen LogP contribution is -2.47. The number of hydrogen-bond acceptors (Lipinski definition) is 5. The minimum absolute atomic E-state index is 0.0445. The summed E-state index contributed by atoms with van der Waals surface area (Å²) in [4.78, 5) is 20.6. The van der Waals surface area contributed by atoms with Crippen LogP contribution in [0.3, 0.4) is 0 Å². The second-order valence-corrected chi connectivity index (χ2v) is 6.80. The van der Waals surface area contributed by atoms with Crippen LogP contribution < -0.4 is 4.90 Å². The predicted molar refractivity (Wildman–Crippen MR) is 80.3 cm³/mol. The Bertz CT molecular complexity index is 533. The van der Waals surface area contributed by atoms with Crippen molar-refractivity contribution < 1.29 is 13.6 Å². The average molecular weight is 330 g/mol. The Kier molecular flexibility index (Phi) is 4.29. The Morgan fingerprint density at radius 2 is 1.86 bits per heavy atom. The number of aryl methyl sites for hydroxylation is 1. The number of hydrogen-bond donors (Lipinski definition) is 0. The zero-order valence-electron chi connectivity index (χ0n) is 12.6. The van der Waals surface area contributed by atoms with E-state index in [1.54, 1.807) is 4.90 Å². The van der Waals surface area contributed by atoms with E-state index in [0.29, 0.717) is 0 Å². The van der Waals surface area contributed by atoms with Gasteiger partial charge in [0.05, 0.1) is 0 Å². The highest BCUT2D eigenvalue weighted by atomic mass is 32.1. The molecule has 0 bridgehead atoms. The lowest BCUT2D eigenvalue weighted by atomic mass is 9.94. The number of likely N-dealkylation sites (tertiary alicyclic amines) is 1. The SMILES string of the molecule is Cc1nsc(N2CCC(C(=O)N3CCC(F)(F)CC3)CC2)n1. The lowest BCUT2D eigenvalue weighted by molar-refractivity contribution is -0.142. The van der Waals surface area contributed by atoms with E-state index in [1.165, 1.54) is 11.5 Å². The maximum atomic E-state index is 13.2. The molecule has 1 aromatic rings. The van der Waals surface area contributed by atoms with Gasteiger partial charge in [-0.3, -0.25) is 4.79 Å². The van der Waals surface area contributed by atoms with Crippen molar-refractivity contribution in [1.82, 2.24) is 14.3 Å². The third-order valence-corrected chi connectivity index (χ3v) is 5.31. The molecule has 0 radical (unpaired) electrons. The van der Waals surface area contributed by atoms with Gasteiger partial charge in [0.25, 0.3) is 5.92 Å². The van der Waals surface area contributed by atoms with E-state index in [4.69, 9.17) is 0 Å². The number of rotatable bonds is 2. The minimum Gasteiger partial charge on any atom is -0.347 e. The Morgan fingerprint density at radius 1 is 1.23 bits per heavy atom. The largest absolute Gasteiger partial charge is 0.347 e. The van der Waals surface area contributed by atoms with Crippen LogP contribution in [0, 0.1) is 12.8 Å². The number of amides is 1. The van der Waals surface area contributed by atoms with E-state index in [0.717, 1.165) is 36.9 Å². The molecule has 3 heterocycles. The third-order valence-electron chi connectivity index (χ3n) is 4.44. The first-order valence-corrected chi connectivity index (χ1v) is 8.44. The van der Waals surface area contributed by atoms with Gasteiger partial charge in [-0.2, -0.15) is 4.37 Å². The molecule has 2 saturated heterocycles. The maximum absolute atomic E-state index is 13.2. The van der Waals surface area contributed by atoms with Crippen molar-refractivity contribution in [2.75, 3.05) is 31.1 Å². The standard InChI is InChI=1S/C14H20F2N4OS/c1-10-17-13(22-18-10)20-6-2-11(3-7-20)12(21)19-8-4-14(15,16)5-9-19/h11H,2-9H2,1H3. The molecule has 5 nitrogen and oxygen atoms in total. The van der Waals surface area contributed by atoms with E-state index < -0.39 is 5.92 Å². The average Bonchev–Trinajstić information content (AvgIpc) is 2.93. The van der Waals surface area contributed by atoms with Gasteiger partial charge < -0.3 is 9.80 Å². The van der Waals surface area contributed by atoms with Gasteiger partial charge in [-0.05, 0) is 19.8 Å². The molecule has 3 rings (SSSR count). The normalized spacial score (nSPS) is 22.9. The summed E-state index contributed by atoms with van der Waals surface area (Å²) >= 11 is 1.38. The smallest absolute Gasteiger partial charge is 0.251 e. The van der Waals surface area contributed by atoms with E-state index in [2.05, 4.69) is 14.3 Å². The van der Waals surface area contributed by atoms with Crippen LogP contribution in [0.1, 0.15) is 31.5 Å². The maximum Gasteiger partial charge on any atom is 0.251 e. The number of carbonyl (C=O) groups is 1. The highest BCUT2D eigenvalue weighted by Gasteiger charge is 2.38. The molecule has 2 fully saturated rings. The summed E-state index contributed by atoms with van der Waals surface area (Å²) in [5.41, 5.74) is 0. The summed E-state index contributed by atoms with van der Waals surface area (Å²) in [7, 11) is 0. The molecule has 2 aliphatic rings. The molecule has 2 aliphatic heterocycles. The van der Waals surface area contributed by atoms with Gasteiger partial charge in [0.15, 0.2) is 0 Å². The third kappa shape index (κ3) is 3.37. The van der Waals surface area contributed by atoms with Crippen LogP contribution in [0.2, 0.25) is 0 Å². The van der Waals surface area contributed by atoms with Gasteiger partial charge in [-0.25, -0.2) is 13.8 Å². The number of nitrogens with zero attached hydrogens (tertiary/aromatic N) is 4. The number of halogens is 2. The summed E-state index contributed by atoms with van der Waals surface area (Å²) in [5.74, 6) is -1.83. The molecule has 0 aromatic carbocycles. The number of aromatic nitrogens is 2. The summed E-state index contributed by atoms with van der Waals surface area (Å²) in [6.45, 7) is 3.77. The van der Waals surface area contributed by atoms with Crippen LogP contribution >= 0.6 is 11.5 Å². The number of piperidine rings is 2. The molecular weight excluding hydrogens is 310 g/mol. The van der Waals surface area contributed by atoms with Crippen molar-refractivity contribution in [2.24, 2.45) is 5.92 Å². The van der Waals surface area contributed by atoms with Crippen molar-refractivity contribution in [1.29, 1.82) is 0 Å². The minimum atomic E-state index is -2.60. The van der Waals surface area contributed by atoms with Crippen LogP contribution in [0.4, 0.5) is 13.9 Å². The summed E-state index contributed by atoms with van der Waals surface area (Å²) < 4.78 is 30.5. The quantitative estimate of drug-likeness (QED) is 0.835. The van der Waals surface area contributed by atoms with Crippen LogP contribution in [-0.2, 0) is 4.79 Å². The fourth-order valence-electron chi connectivity index (χ4n) is 3.04. The highest BCUT2D eigenvalue weighted by Crippen LogP contribution is 2.30. The fourth-order valence-corrected chi connectivity index (χ4v) is 3.77. The van der Waals surface area contributed by atoms with E-state index in [-0.39, 0.29) is 37.8 Å². The number of anilines is 1. The van der Waals surface area contributed by atoms with Gasteiger partial charge >= 0.3 is 0 Å². The number of alkyl halides is 2. The van der Waals surface area contributed by atoms with Crippen LogP contribution in [0.15, 0.2) is 0 Å². The molecule has 0 atom stereocenters. The molecule has 8 heteroatoms. The summed E-state index contributed by atoms with van der Waals surface area (Å²) in [5, 5.41) is 0.904. The molecule has 1 amide bonds. The summed E-state index contributed by atoms with van der Waals surface area (Å²) in [6, 6.07) is 0. The van der Waals surface area contributed by atoms with Crippen LogP contribution in [-0.4, -0.2) is 52.3 Å². The molecule has 0 unspecified atom stereocenters. The van der Waals surface area contributed by atoms with E-state index in [9.17, 15) is 13.6 Å². The van der Waals surface area contributed by atoms with Crippen molar-refractivity contribution in [3.8, 4) is 0 Å². The fraction of sp³-hybridized carbons (Fsp3) is 0.786. The van der Waals surface area contributed by atoms with E-state index in [1.807, 2.05) is 6.92 Å². The Labute approximate surface area is 132 Å².